The summed E-state index contributed by atoms with van der Waals surface area (Å²) in [5.74, 6) is -2.48. The lowest BCUT2D eigenvalue weighted by atomic mass is 10.2. The minimum atomic E-state index is -3.92. The molecule has 1 amide bonds. The lowest BCUT2D eigenvalue weighted by Gasteiger charge is -2.26. The van der Waals surface area contributed by atoms with E-state index in [9.17, 15) is 14.2 Å². The fraction of sp³-hybridized carbons (Fsp3) is 0.857. The summed E-state index contributed by atoms with van der Waals surface area (Å²) in [4.78, 5) is 24.2. The lowest BCUT2D eigenvalue weighted by Crippen LogP contribution is -2.44. The third-order valence-electron chi connectivity index (χ3n) is 2.80. The predicted molar refractivity (Wildman–Crippen MR) is 93.9 cm³/mol. The van der Waals surface area contributed by atoms with Gasteiger partial charge in [0.2, 0.25) is 5.78 Å². The Hall–Kier alpha value is -0.893. The van der Waals surface area contributed by atoms with Gasteiger partial charge in [-0.3, -0.25) is 9.88 Å². The smallest absolute Gasteiger partial charge is 0.408 e. The van der Waals surface area contributed by atoms with Crippen molar-refractivity contribution in [3.63, 3.8) is 0 Å². The molecular formula is C14H30NO7PSi. The zero-order chi connectivity index (χ0) is 19.2. The first-order valence-corrected chi connectivity index (χ1v) is 12.9. The molecule has 10 heteroatoms. The highest BCUT2D eigenvalue weighted by Gasteiger charge is 2.43. The van der Waals surface area contributed by atoms with E-state index in [2.05, 4.69) is 25.0 Å². The van der Waals surface area contributed by atoms with Crippen LogP contribution in [-0.2, 0) is 27.9 Å². The van der Waals surface area contributed by atoms with Crippen molar-refractivity contribution < 1.29 is 32.7 Å². The minimum Gasteiger partial charge on any atom is -0.464 e. The van der Waals surface area contributed by atoms with Crippen LogP contribution in [0.5, 0.6) is 0 Å². The third-order valence-corrected chi connectivity index (χ3v) is 6.49. The van der Waals surface area contributed by atoms with Crippen molar-refractivity contribution in [2.75, 3.05) is 20.8 Å². The third kappa shape index (κ3) is 8.82. The van der Waals surface area contributed by atoms with Crippen LogP contribution in [0.4, 0.5) is 4.79 Å². The Kier molecular flexibility index (Phi) is 8.65. The van der Waals surface area contributed by atoms with E-state index in [-0.39, 0.29) is 6.61 Å². The number of hydrogen-bond acceptors (Lipinski definition) is 7. The number of nitrogens with one attached hydrogen (secondary N) is 1. The maximum atomic E-state index is 12.5. The van der Waals surface area contributed by atoms with Gasteiger partial charge in [-0.05, 0) is 26.8 Å². The second kappa shape index (κ2) is 8.99. The van der Waals surface area contributed by atoms with Crippen LogP contribution in [0.3, 0.4) is 0 Å². The molecule has 0 fully saturated rings. The number of carbonyl (C=O) groups excluding carboxylic acids is 2. The van der Waals surface area contributed by atoms with E-state index in [4.69, 9.17) is 18.5 Å². The normalized spacial score (nSPS) is 14.0. The van der Waals surface area contributed by atoms with Crippen molar-refractivity contribution in [1.29, 1.82) is 0 Å². The number of rotatable bonds is 8. The van der Waals surface area contributed by atoms with Gasteiger partial charge in [0.05, 0.1) is 6.61 Å². The summed E-state index contributed by atoms with van der Waals surface area (Å²) in [6.45, 7) is 11.6. The molecule has 0 saturated carbocycles. The van der Waals surface area contributed by atoms with E-state index in [1.54, 1.807) is 20.8 Å². The van der Waals surface area contributed by atoms with Gasteiger partial charge in [-0.15, -0.1) is 0 Å². The number of amides is 1. The zero-order valence-electron chi connectivity index (χ0n) is 15.8. The molecule has 142 valence electrons. The fourth-order valence-corrected chi connectivity index (χ4v) is 3.39. The largest absolute Gasteiger partial charge is 0.464 e. The minimum absolute atomic E-state index is 0.175. The van der Waals surface area contributed by atoms with Gasteiger partial charge >= 0.3 is 19.7 Å². The Morgan fingerprint density at radius 2 is 1.62 bits per heavy atom. The van der Waals surface area contributed by atoms with Gasteiger partial charge in [-0.2, -0.15) is 0 Å². The van der Waals surface area contributed by atoms with Crippen LogP contribution < -0.4 is 5.32 Å². The van der Waals surface area contributed by atoms with Gasteiger partial charge in [0, 0.05) is 22.3 Å². The van der Waals surface area contributed by atoms with Crippen LogP contribution in [-0.4, -0.2) is 52.3 Å². The lowest BCUT2D eigenvalue weighted by molar-refractivity contribution is -0.143. The highest BCUT2D eigenvalue weighted by atomic mass is 31.2. The highest BCUT2D eigenvalue weighted by molar-refractivity contribution is 7.55. The standard InChI is InChI=1S/C14H30NO7PSi/c1-14(2,3)22-13(17)15-11(23(18,19-4)20-5)12(16)21-9-10-24(6,7)8/h11H,9-10H2,1-8H3,(H,15,17). The molecule has 0 aromatic rings. The van der Waals surface area contributed by atoms with Gasteiger partial charge in [0.1, 0.15) is 5.60 Å². The molecule has 1 N–H and O–H groups in total. The molecule has 0 aliphatic heterocycles. The molecule has 0 aromatic heterocycles. The second-order valence-corrected chi connectivity index (χ2v) is 15.4. The fourth-order valence-electron chi connectivity index (χ4n) is 1.51. The molecule has 0 saturated heterocycles. The molecule has 1 atom stereocenters. The average molecular weight is 383 g/mol. The highest BCUT2D eigenvalue weighted by Crippen LogP contribution is 2.50. The number of carbonyl (C=O) groups is 2. The van der Waals surface area contributed by atoms with E-state index in [1.807, 2.05) is 0 Å². The van der Waals surface area contributed by atoms with Crippen molar-refractivity contribution >= 4 is 27.7 Å². The first-order chi connectivity index (χ1) is 10.7. The molecule has 0 bridgehead atoms. The van der Waals surface area contributed by atoms with E-state index >= 15 is 0 Å². The zero-order valence-corrected chi connectivity index (χ0v) is 17.7. The Morgan fingerprint density at radius 3 is 2.00 bits per heavy atom. The summed E-state index contributed by atoms with van der Waals surface area (Å²) >= 11 is 0. The summed E-state index contributed by atoms with van der Waals surface area (Å²) < 4.78 is 32.4. The molecule has 0 radical (unpaired) electrons. The van der Waals surface area contributed by atoms with Crippen molar-refractivity contribution in [3.8, 4) is 0 Å². The maximum Gasteiger partial charge on any atom is 0.408 e. The summed E-state index contributed by atoms with van der Waals surface area (Å²) in [5.41, 5.74) is -0.777. The van der Waals surface area contributed by atoms with E-state index in [0.29, 0.717) is 0 Å². The van der Waals surface area contributed by atoms with Crippen molar-refractivity contribution in [2.24, 2.45) is 0 Å². The Balaban J connectivity index is 5.10. The first-order valence-electron chi connectivity index (χ1n) is 7.61. The number of hydrogen-bond donors (Lipinski definition) is 1. The molecule has 8 nitrogen and oxygen atoms in total. The van der Waals surface area contributed by atoms with Crippen LogP contribution >= 0.6 is 7.60 Å². The van der Waals surface area contributed by atoms with Crippen molar-refractivity contribution in [3.05, 3.63) is 0 Å². The summed E-state index contributed by atoms with van der Waals surface area (Å²) in [7, 11) is -3.07. The van der Waals surface area contributed by atoms with Gasteiger partial charge in [-0.25, -0.2) is 9.59 Å². The van der Waals surface area contributed by atoms with Crippen LogP contribution in [0, 0.1) is 0 Å². The van der Waals surface area contributed by atoms with Crippen LogP contribution in [0.2, 0.25) is 25.7 Å². The Bertz CT molecular complexity index is 476. The van der Waals surface area contributed by atoms with Gasteiger partial charge in [0.25, 0.3) is 0 Å². The van der Waals surface area contributed by atoms with Crippen LogP contribution in [0.25, 0.3) is 0 Å². The van der Waals surface area contributed by atoms with E-state index in [1.165, 1.54) is 0 Å². The topological polar surface area (TPSA) is 100 Å². The molecule has 0 rings (SSSR count). The van der Waals surface area contributed by atoms with Crippen LogP contribution in [0.1, 0.15) is 20.8 Å². The predicted octanol–water partition coefficient (Wildman–Crippen LogP) is 3.20. The average Bonchev–Trinajstić information content (AvgIpc) is 2.40. The molecular weight excluding hydrogens is 353 g/mol. The maximum absolute atomic E-state index is 12.5. The SMILES string of the molecule is COP(=O)(OC)C(NC(=O)OC(C)(C)C)C(=O)OCC[Si](C)(C)C. The molecule has 0 aromatic carbocycles. The molecule has 1 unspecified atom stereocenters. The molecule has 0 heterocycles. The Morgan fingerprint density at radius 1 is 1.12 bits per heavy atom. The van der Waals surface area contributed by atoms with Gasteiger partial charge < -0.3 is 18.5 Å². The van der Waals surface area contributed by atoms with Gasteiger partial charge in [-0.1, -0.05) is 19.6 Å². The number of alkyl carbamates (subject to hydrolysis) is 1. The quantitative estimate of drug-likeness (QED) is 0.390. The van der Waals surface area contributed by atoms with Gasteiger partial charge in [0.15, 0.2) is 0 Å². The first kappa shape index (κ1) is 23.1. The summed E-state index contributed by atoms with van der Waals surface area (Å²) in [6.07, 6.45) is -0.913. The van der Waals surface area contributed by atoms with E-state index < -0.39 is 39.1 Å². The van der Waals surface area contributed by atoms with Crippen molar-refractivity contribution in [2.45, 2.75) is 57.8 Å². The molecule has 24 heavy (non-hydrogen) atoms. The molecule has 0 aliphatic rings. The number of esters is 1. The molecule has 0 spiro atoms. The number of ether oxygens (including phenoxy) is 2. The molecule has 0 aliphatic carbocycles. The van der Waals surface area contributed by atoms with Crippen molar-refractivity contribution in [1.82, 2.24) is 5.32 Å². The summed E-state index contributed by atoms with van der Waals surface area (Å²) in [5, 5.41) is 2.23. The second-order valence-electron chi connectivity index (χ2n) is 7.43. The summed E-state index contributed by atoms with van der Waals surface area (Å²) in [6, 6.07) is 0.738. The van der Waals surface area contributed by atoms with E-state index in [0.717, 1.165) is 20.3 Å². The Labute approximate surface area is 145 Å². The van der Waals surface area contributed by atoms with Crippen LogP contribution in [0.15, 0.2) is 0 Å². The monoisotopic (exact) mass is 383 g/mol.